The summed E-state index contributed by atoms with van der Waals surface area (Å²) in [5.41, 5.74) is 1.16. The predicted molar refractivity (Wildman–Crippen MR) is 98.4 cm³/mol. The monoisotopic (exact) mass is 329 g/mol. The van der Waals surface area contributed by atoms with E-state index >= 15 is 0 Å². The first-order valence-corrected chi connectivity index (χ1v) is 8.55. The van der Waals surface area contributed by atoms with Crippen LogP contribution in [0.3, 0.4) is 0 Å². The van der Waals surface area contributed by atoms with Gasteiger partial charge in [0.2, 0.25) is 0 Å². The molecular formula is C18H23N3OS. The molecule has 2 N–H and O–H groups in total. The number of nitrogens with zero attached hydrogens (tertiary/aromatic N) is 1. The van der Waals surface area contributed by atoms with Crippen LogP contribution in [-0.4, -0.2) is 32.4 Å². The second-order valence-corrected chi connectivity index (χ2v) is 6.03. The Labute approximate surface area is 142 Å². The van der Waals surface area contributed by atoms with Crippen molar-refractivity contribution in [3.05, 3.63) is 60.2 Å². The second kappa shape index (κ2) is 9.79. The molecular weight excluding hydrogens is 306 g/mol. The third kappa shape index (κ3) is 6.24. The molecule has 2 aromatic carbocycles. The molecule has 0 radical (unpaired) electrons. The van der Waals surface area contributed by atoms with Crippen molar-refractivity contribution in [1.29, 1.82) is 0 Å². The third-order valence-corrected chi connectivity index (χ3v) is 4.24. The lowest BCUT2D eigenvalue weighted by Gasteiger charge is -2.12. The van der Waals surface area contributed by atoms with Crippen LogP contribution in [0.2, 0.25) is 0 Å². The molecule has 0 aliphatic heterocycles. The van der Waals surface area contributed by atoms with Crippen molar-refractivity contribution in [3.63, 3.8) is 0 Å². The number of rotatable bonds is 7. The summed E-state index contributed by atoms with van der Waals surface area (Å²) >= 11 is 1.83. The van der Waals surface area contributed by atoms with Gasteiger partial charge in [-0.1, -0.05) is 30.3 Å². The summed E-state index contributed by atoms with van der Waals surface area (Å²) in [6.45, 7) is 1.57. The number of hydrogen-bond acceptors (Lipinski definition) is 3. The summed E-state index contributed by atoms with van der Waals surface area (Å²) in [6, 6.07) is 18.4. The molecule has 0 aliphatic carbocycles. The van der Waals surface area contributed by atoms with E-state index in [0.29, 0.717) is 6.54 Å². The topological polar surface area (TPSA) is 45.7 Å². The van der Waals surface area contributed by atoms with E-state index in [-0.39, 0.29) is 0 Å². The second-order valence-electron chi connectivity index (χ2n) is 4.87. The van der Waals surface area contributed by atoms with Crippen molar-refractivity contribution in [3.8, 4) is 5.75 Å². The SMILES string of the molecule is CN=C(NCCSc1ccccc1)NCc1cccc(OC)c1. The smallest absolute Gasteiger partial charge is 0.191 e. The van der Waals surface area contributed by atoms with Gasteiger partial charge in [0.15, 0.2) is 5.96 Å². The molecule has 23 heavy (non-hydrogen) atoms. The summed E-state index contributed by atoms with van der Waals surface area (Å²) < 4.78 is 5.23. The summed E-state index contributed by atoms with van der Waals surface area (Å²) in [6.07, 6.45) is 0. The van der Waals surface area contributed by atoms with Gasteiger partial charge in [-0.05, 0) is 29.8 Å². The lowest BCUT2D eigenvalue weighted by atomic mass is 10.2. The maximum absolute atomic E-state index is 5.23. The fraction of sp³-hybridized carbons (Fsp3) is 0.278. The van der Waals surface area contributed by atoms with Crippen molar-refractivity contribution < 1.29 is 4.74 Å². The molecule has 0 heterocycles. The quantitative estimate of drug-likeness (QED) is 0.354. The van der Waals surface area contributed by atoms with Gasteiger partial charge in [-0.3, -0.25) is 4.99 Å². The minimum Gasteiger partial charge on any atom is -0.497 e. The van der Waals surface area contributed by atoms with Crippen LogP contribution in [-0.2, 0) is 6.54 Å². The fourth-order valence-corrected chi connectivity index (χ4v) is 2.83. The zero-order valence-electron chi connectivity index (χ0n) is 13.6. The number of thioether (sulfide) groups is 1. The van der Waals surface area contributed by atoms with Gasteiger partial charge < -0.3 is 15.4 Å². The first-order chi connectivity index (χ1) is 11.3. The van der Waals surface area contributed by atoms with Crippen LogP contribution in [0.25, 0.3) is 0 Å². The number of benzene rings is 2. The molecule has 0 spiro atoms. The van der Waals surface area contributed by atoms with Crippen LogP contribution in [0.15, 0.2) is 64.5 Å². The van der Waals surface area contributed by atoms with E-state index in [1.807, 2.05) is 36.0 Å². The van der Waals surface area contributed by atoms with Gasteiger partial charge in [-0.25, -0.2) is 0 Å². The van der Waals surface area contributed by atoms with Crippen molar-refractivity contribution in [2.75, 3.05) is 26.5 Å². The Morgan fingerprint density at radius 1 is 1.09 bits per heavy atom. The maximum Gasteiger partial charge on any atom is 0.191 e. The number of methoxy groups -OCH3 is 1. The predicted octanol–water partition coefficient (Wildman–Crippen LogP) is 3.15. The molecule has 0 atom stereocenters. The van der Waals surface area contributed by atoms with Crippen LogP contribution < -0.4 is 15.4 Å². The Kier molecular flexibility index (Phi) is 7.33. The zero-order chi connectivity index (χ0) is 16.3. The van der Waals surface area contributed by atoms with Gasteiger partial charge in [0.1, 0.15) is 5.75 Å². The molecule has 0 bridgehead atoms. The van der Waals surface area contributed by atoms with E-state index < -0.39 is 0 Å². The van der Waals surface area contributed by atoms with E-state index in [1.54, 1.807) is 14.2 Å². The standard InChI is InChI=1S/C18H23N3OS/c1-19-18(20-11-12-23-17-9-4-3-5-10-17)21-14-15-7-6-8-16(13-15)22-2/h3-10,13H,11-12,14H2,1-2H3,(H2,19,20,21). The molecule has 0 saturated heterocycles. The van der Waals surface area contributed by atoms with E-state index in [0.717, 1.165) is 29.6 Å². The Balaban J connectivity index is 1.71. The lowest BCUT2D eigenvalue weighted by molar-refractivity contribution is 0.414. The molecule has 4 nitrogen and oxygen atoms in total. The van der Waals surface area contributed by atoms with Crippen LogP contribution >= 0.6 is 11.8 Å². The molecule has 0 aromatic heterocycles. The van der Waals surface area contributed by atoms with Gasteiger partial charge in [-0.15, -0.1) is 11.8 Å². The summed E-state index contributed by atoms with van der Waals surface area (Å²) in [5, 5.41) is 6.64. The number of nitrogens with one attached hydrogen (secondary N) is 2. The van der Waals surface area contributed by atoms with Crippen LogP contribution in [0.1, 0.15) is 5.56 Å². The number of ether oxygens (including phenoxy) is 1. The fourth-order valence-electron chi connectivity index (χ4n) is 2.04. The van der Waals surface area contributed by atoms with E-state index in [4.69, 9.17) is 4.74 Å². The van der Waals surface area contributed by atoms with Gasteiger partial charge in [0.25, 0.3) is 0 Å². The summed E-state index contributed by atoms with van der Waals surface area (Å²) in [4.78, 5) is 5.53. The van der Waals surface area contributed by atoms with Crippen LogP contribution in [0.5, 0.6) is 5.75 Å². The third-order valence-electron chi connectivity index (χ3n) is 3.22. The van der Waals surface area contributed by atoms with Crippen LogP contribution in [0.4, 0.5) is 0 Å². The van der Waals surface area contributed by atoms with E-state index in [9.17, 15) is 0 Å². The number of guanidine groups is 1. The average Bonchev–Trinajstić information content (AvgIpc) is 2.62. The molecule has 2 rings (SSSR count). The van der Waals surface area contributed by atoms with Crippen LogP contribution in [0, 0.1) is 0 Å². The molecule has 0 saturated carbocycles. The van der Waals surface area contributed by atoms with Gasteiger partial charge in [0.05, 0.1) is 7.11 Å². The first-order valence-electron chi connectivity index (χ1n) is 7.57. The highest BCUT2D eigenvalue weighted by Crippen LogP contribution is 2.15. The normalized spacial score (nSPS) is 11.1. The van der Waals surface area contributed by atoms with E-state index in [2.05, 4.69) is 46.0 Å². The van der Waals surface area contributed by atoms with Gasteiger partial charge in [-0.2, -0.15) is 0 Å². The molecule has 122 valence electrons. The molecule has 5 heteroatoms. The number of aliphatic imine (C=N–C) groups is 1. The average molecular weight is 329 g/mol. The molecule has 2 aromatic rings. The van der Waals surface area contributed by atoms with Crippen molar-refractivity contribution in [1.82, 2.24) is 10.6 Å². The zero-order valence-corrected chi connectivity index (χ0v) is 14.4. The lowest BCUT2D eigenvalue weighted by Crippen LogP contribution is -2.37. The molecule has 0 unspecified atom stereocenters. The highest BCUT2D eigenvalue weighted by atomic mass is 32.2. The maximum atomic E-state index is 5.23. The van der Waals surface area contributed by atoms with Crippen molar-refractivity contribution in [2.45, 2.75) is 11.4 Å². The van der Waals surface area contributed by atoms with E-state index in [1.165, 1.54) is 4.90 Å². The van der Waals surface area contributed by atoms with Crippen molar-refractivity contribution >= 4 is 17.7 Å². The Hall–Kier alpha value is -2.14. The highest BCUT2D eigenvalue weighted by molar-refractivity contribution is 7.99. The number of hydrogen-bond donors (Lipinski definition) is 2. The Morgan fingerprint density at radius 2 is 1.91 bits per heavy atom. The molecule has 0 amide bonds. The molecule has 0 aliphatic rings. The minimum absolute atomic E-state index is 0.711. The Morgan fingerprint density at radius 3 is 2.65 bits per heavy atom. The first kappa shape index (κ1) is 17.2. The van der Waals surface area contributed by atoms with Gasteiger partial charge in [0, 0.05) is 30.8 Å². The van der Waals surface area contributed by atoms with Gasteiger partial charge >= 0.3 is 0 Å². The summed E-state index contributed by atoms with van der Waals surface area (Å²) in [7, 11) is 3.46. The largest absolute Gasteiger partial charge is 0.497 e. The molecule has 0 fully saturated rings. The Bertz CT molecular complexity index is 617. The minimum atomic E-state index is 0.711. The highest BCUT2D eigenvalue weighted by Gasteiger charge is 2.00. The summed E-state index contributed by atoms with van der Waals surface area (Å²) in [5.74, 6) is 2.66. The van der Waals surface area contributed by atoms with Crippen molar-refractivity contribution in [2.24, 2.45) is 4.99 Å².